The van der Waals surface area contributed by atoms with E-state index in [4.69, 9.17) is 8.94 Å². The van der Waals surface area contributed by atoms with Crippen molar-refractivity contribution in [1.82, 2.24) is 20.4 Å². The normalized spacial score (nSPS) is 19.0. The molecular formula is C17H18N4O2. The van der Waals surface area contributed by atoms with Crippen LogP contribution in [0.5, 0.6) is 0 Å². The van der Waals surface area contributed by atoms with E-state index in [0.29, 0.717) is 17.6 Å². The van der Waals surface area contributed by atoms with E-state index in [0.717, 1.165) is 31.9 Å². The van der Waals surface area contributed by atoms with Gasteiger partial charge in [0.2, 0.25) is 5.76 Å². The van der Waals surface area contributed by atoms with Gasteiger partial charge in [-0.25, -0.2) is 0 Å². The Kier molecular flexibility index (Phi) is 3.92. The van der Waals surface area contributed by atoms with Gasteiger partial charge in [-0.3, -0.25) is 9.88 Å². The van der Waals surface area contributed by atoms with Crippen LogP contribution in [0.25, 0.3) is 11.5 Å². The monoisotopic (exact) mass is 310 g/mol. The second-order valence-electron chi connectivity index (χ2n) is 5.64. The number of aromatic nitrogens is 2. The second kappa shape index (κ2) is 6.36. The molecule has 4 heterocycles. The summed E-state index contributed by atoms with van der Waals surface area (Å²) >= 11 is 0. The van der Waals surface area contributed by atoms with Crippen LogP contribution in [0.3, 0.4) is 0 Å². The highest BCUT2D eigenvalue weighted by Gasteiger charge is 2.25. The van der Waals surface area contributed by atoms with E-state index < -0.39 is 0 Å². The van der Waals surface area contributed by atoms with Crippen LogP contribution >= 0.6 is 0 Å². The number of pyridine rings is 1. The molecule has 0 aromatic carbocycles. The summed E-state index contributed by atoms with van der Waals surface area (Å²) in [5.74, 6) is 1.37. The molecule has 0 radical (unpaired) electrons. The Hall–Kier alpha value is -2.44. The molecule has 1 unspecified atom stereocenters. The minimum atomic E-state index is 0.293. The fourth-order valence-corrected chi connectivity index (χ4v) is 2.97. The van der Waals surface area contributed by atoms with Crippen molar-refractivity contribution in [3.05, 3.63) is 60.2 Å². The largest absolute Gasteiger partial charge is 0.461 e. The van der Waals surface area contributed by atoms with Gasteiger partial charge in [0.15, 0.2) is 5.76 Å². The van der Waals surface area contributed by atoms with Gasteiger partial charge in [-0.05, 0) is 23.8 Å². The van der Waals surface area contributed by atoms with Crippen molar-refractivity contribution in [1.29, 1.82) is 0 Å². The van der Waals surface area contributed by atoms with Crippen molar-refractivity contribution >= 4 is 0 Å². The van der Waals surface area contributed by atoms with Gasteiger partial charge in [0.05, 0.1) is 12.0 Å². The Morgan fingerprint density at radius 2 is 2.26 bits per heavy atom. The summed E-state index contributed by atoms with van der Waals surface area (Å²) in [6.45, 7) is 3.59. The molecule has 6 nitrogen and oxygen atoms in total. The Labute approximate surface area is 134 Å². The first-order chi connectivity index (χ1) is 11.4. The molecule has 1 aliphatic heterocycles. The van der Waals surface area contributed by atoms with Crippen LogP contribution in [0.15, 0.2) is 57.9 Å². The summed E-state index contributed by atoms with van der Waals surface area (Å²) in [6.07, 6.45) is 5.37. The summed E-state index contributed by atoms with van der Waals surface area (Å²) in [6, 6.07) is 10.0. The molecule has 4 rings (SSSR count). The SMILES string of the molecule is c1cncc(C2CNCCN2Cc2cc(-c3ccco3)on2)c1. The van der Waals surface area contributed by atoms with Crippen molar-refractivity contribution in [2.45, 2.75) is 12.6 Å². The molecule has 1 fully saturated rings. The average Bonchev–Trinajstić information content (AvgIpc) is 3.27. The number of piperazine rings is 1. The maximum absolute atomic E-state index is 5.39. The predicted molar refractivity (Wildman–Crippen MR) is 84.5 cm³/mol. The van der Waals surface area contributed by atoms with Crippen LogP contribution in [0.1, 0.15) is 17.3 Å². The minimum Gasteiger partial charge on any atom is -0.461 e. The van der Waals surface area contributed by atoms with E-state index in [1.807, 2.05) is 30.5 Å². The lowest BCUT2D eigenvalue weighted by atomic mass is 10.1. The summed E-state index contributed by atoms with van der Waals surface area (Å²) in [4.78, 5) is 6.64. The summed E-state index contributed by atoms with van der Waals surface area (Å²) in [7, 11) is 0. The van der Waals surface area contributed by atoms with Crippen LogP contribution in [-0.2, 0) is 6.54 Å². The molecule has 23 heavy (non-hydrogen) atoms. The van der Waals surface area contributed by atoms with Gasteiger partial charge < -0.3 is 14.3 Å². The first kappa shape index (κ1) is 14.2. The van der Waals surface area contributed by atoms with Crippen LogP contribution in [0.2, 0.25) is 0 Å². The van der Waals surface area contributed by atoms with Crippen LogP contribution in [0, 0.1) is 0 Å². The minimum absolute atomic E-state index is 0.293. The van der Waals surface area contributed by atoms with Crippen molar-refractivity contribution in [2.24, 2.45) is 0 Å². The molecule has 3 aromatic rings. The smallest absolute Gasteiger partial charge is 0.202 e. The maximum Gasteiger partial charge on any atom is 0.202 e. The van der Waals surface area contributed by atoms with Gasteiger partial charge in [0.1, 0.15) is 0 Å². The van der Waals surface area contributed by atoms with Crippen molar-refractivity contribution in [2.75, 3.05) is 19.6 Å². The van der Waals surface area contributed by atoms with E-state index >= 15 is 0 Å². The summed E-state index contributed by atoms with van der Waals surface area (Å²) in [5.41, 5.74) is 2.13. The predicted octanol–water partition coefficient (Wildman–Crippen LogP) is 2.48. The van der Waals surface area contributed by atoms with Gasteiger partial charge in [-0.1, -0.05) is 11.2 Å². The molecule has 118 valence electrons. The zero-order valence-electron chi connectivity index (χ0n) is 12.7. The van der Waals surface area contributed by atoms with Crippen LogP contribution < -0.4 is 5.32 Å². The standard InChI is InChI=1S/C17H18N4O2/c1-3-13(10-18-5-1)15-11-19-6-7-21(15)12-14-9-17(23-20-14)16-4-2-8-22-16/h1-5,8-10,15,19H,6-7,11-12H2. The molecule has 0 saturated carbocycles. The summed E-state index contributed by atoms with van der Waals surface area (Å²) in [5, 5.41) is 7.63. The third-order valence-corrected chi connectivity index (χ3v) is 4.11. The van der Waals surface area contributed by atoms with Gasteiger partial charge in [-0.2, -0.15) is 0 Å². The second-order valence-corrected chi connectivity index (χ2v) is 5.64. The first-order valence-corrected chi connectivity index (χ1v) is 7.74. The molecule has 3 aromatic heterocycles. The molecule has 0 spiro atoms. The molecule has 6 heteroatoms. The molecule has 1 saturated heterocycles. The number of rotatable bonds is 4. The molecule has 0 amide bonds. The zero-order valence-corrected chi connectivity index (χ0v) is 12.7. The molecule has 0 bridgehead atoms. The molecule has 0 aliphatic carbocycles. The maximum atomic E-state index is 5.39. The zero-order chi connectivity index (χ0) is 15.5. The van der Waals surface area contributed by atoms with E-state index in [2.05, 4.69) is 26.4 Å². The number of hydrogen-bond acceptors (Lipinski definition) is 6. The van der Waals surface area contributed by atoms with Crippen molar-refractivity contribution in [3.8, 4) is 11.5 Å². The fraction of sp³-hybridized carbons (Fsp3) is 0.294. The Morgan fingerprint density at radius 1 is 1.26 bits per heavy atom. The average molecular weight is 310 g/mol. The lowest BCUT2D eigenvalue weighted by molar-refractivity contribution is 0.149. The topological polar surface area (TPSA) is 67.3 Å². The summed E-state index contributed by atoms with van der Waals surface area (Å²) < 4.78 is 10.7. The van der Waals surface area contributed by atoms with Crippen molar-refractivity contribution in [3.63, 3.8) is 0 Å². The molecular weight excluding hydrogens is 292 g/mol. The number of hydrogen-bond donors (Lipinski definition) is 1. The van der Waals surface area contributed by atoms with Crippen LogP contribution in [-0.4, -0.2) is 34.7 Å². The molecule has 1 aliphatic rings. The van der Waals surface area contributed by atoms with Gasteiger partial charge >= 0.3 is 0 Å². The number of nitrogens with one attached hydrogen (secondary N) is 1. The van der Waals surface area contributed by atoms with Crippen LogP contribution in [0.4, 0.5) is 0 Å². The van der Waals surface area contributed by atoms with Gasteiger partial charge in [0, 0.05) is 50.7 Å². The highest BCUT2D eigenvalue weighted by atomic mass is 16.5. The highest BCUT2D eigenvalue weighted by Crippen LogP contribution is 2.25. The Morgan fingerprint density at radius 3 is 3.09 bits per heavy atom. The lowest BCUT2D eigenvalue weighted by Gasteiger charge is -2.35. The number of furan rings is 1. The van der Waals surface area contributed by atoms with E-state index in [-0.39, 0.29) is 0 Å². The Balaban J connectivity index is 1.52. The van der Waals surface area contributed by atoms with Gasteiger partial charge in [0.25, 0.3) is 0 Å². The van der Waals surface area contributed by atoms with Gasteiger partial charge in [-0.15, -0.1) is 0 Å². The molecule has 1 N–H and O–H groups in total. The fourth-order valence-electron chi connectivity index (χ4n) is 2.97. The van der Waals surface area contributed by atoms with E-state index in [1.54, 1.807) is 12.5 Å². The lowest BCUT2D eigenvalue weighted by Crippen LogP contribution is -2.45. The first-order valence-electron chi connectivity index (χ1n) is 7.74. The highest BCUT2D eigenvalue weighted by molar-refractivity contribution is 5.49. The van der Waals surface area contributed by atoms with E-state index in [9.17, 15) is 0 Å². The van der Waals surface area contributed by atoms with Crippen molar-refractivity contribution < 1.29 is 8.94 Å². The van der Waals surface area contributed by atoms with E-state index in [1.165, 1.54) is 5.56 Å². The quantitative estimate of drug-likeness (QED) is 0.798. The third-order valence-electron chi connectivity index (χ3n) is 4.11. The molecule has 1 atom stereocenters. The number of nitrogens with zero attached hydrogens (tertiary/aromatic N) is 3. The third kappa shape index (κ3) is 3.04. The Bertz CT molecular complexity index is 739.